The Hall–Kier alpha value is -3.16. The van der Waals surface area contributed by atoms with Crippen LogP contribution in [0.5, 0.6) is 0 Å². The van der Waals surface area contributed by atoms with E-state index in [0.29, 0.717) is 34.2 Å². The molecule has 2 aromatic heterocycles. The number of thiophene rings is 1. The topological polar surface area (TPSA) is 67.2 Å². The number of hydrogen-bond donors (Lipinski definition) is 1. The summed E-state index contributed by atoms with van der Waals surface area (Å²) in [5.41, 5.74) is 2.83. The predicted molar refractivity (Wildman–Crippen MR) is 130 cm³/mol. The number of aryl methyl sites for hydroxylation is 1. The fourth-order valence-electron chi connectivity index (χ4n) is 3.53. The molecule has 0 saturated heterocycles. The highest BCUT2D eigenvalue weighted by atomic mass is 35.5. The number of anilines is 1. The number of carbonyl (C=O) groups excluding carboxylic acids is 2. The molecule has 0 saturated carbocycles. The molecule has 164 valence electrons. The summed E-state index contributed by atoms with van der Waals surface area (Å²) < 4.78 is 1.78. The van der Waals surface area contributed by atoms with Crippen molar-refractivity contribution in [2.24, 2.45) is 0 Å². The van der Waals surface area contributed by atoms with Gasteiger partial charge in [-0.2, -0.15) is 5.10 Å². The van der Waals surface area contributed by atoms with E-state index in [1.165, 1.54) is 11.3 Å². The molecule has 0 aliphatic rings. The first-order valence-corrected chi connectivity index (χ1v) is 11.6. The maximum Gasteiger partial charge on any atom is 0.265 e. The summed E-state index contributed by atoms with van der Waals surface area (Å²) in [7, 11) is 0. The van der Waals surface area contributed by atoms with Gasteiger partial charge in [-0.05, 0) is 63.2 Å². The van der Waals surface area contributed by atoms with Crippen molar-refractivity contribution in [1.82, 2.24) is 14.7 Å². The number of carbonyl (C=O) groups is 2. The van der Waals surface area contributed by atoms with E-state index in [1.54, 1.807) is 33.8 Å². The molecule has 0 fully saturated rings. The summed E-state index contributed by atoms with van der Waals surface area (Å²) in [6, 6.07) is 16.3. The SMILES string of the molecule is CCN(CC)C(=O)c1ccc(NC(=O)c2cc3c(C)nn(-c4ccccc4Cl)c3s2)cc1. The van der Waals surface area contributed by atoms with Crippen molar-refractivity contribution in [1.29, 1.82) is 0 Å². The molecule has 0 atom stereocenters. The van der Waals surface area contributed by atoms with Crippen molar-refractivity contribution in [2.75, 3.05) is 18.4 Å². The van der Waals surface area contributed by atoms with Crippen LogP contribution in [0.1, 0.15) is 39.6 Å². The van der Waals surface area contributed by atoms with Crippen molar-refractivity contribution < 1.29 is 9.59 Å². The molecule has 4 rings (SSSR count). The molecule has 32 heavy (non-hydrogen) atoms. The van der Waals surface area contributed by atoms with Crippen LogP contribution in [0.2, 0.25) is 5.02 Å². The second-order valence-corrected chi connectivity index (χ2v) is 8.72. The third-order valence-corrected chi connectivity index (χ3v) is 6.72. The van der Waals surface area contributed by atoms with Gasteiger partial charge in [0, 0.05) is 29.7 Å². The lowest BCUT2D eigenvalue weighted by Gasteiger charge is -2.18. The van der Waals surface area contributed by atoms with Crippen LogP contribution in [0.3, 0.4) is 0 Å². The average Bonchev–Trinajstić information content (AvgIpc) is 3.36. The molecule has 2 amide bonds. The smallest absolute Gasteiger partial charge is 0.265 e. The van der Waals surface area contributed by atoms with E-state index in [2.05, 4.69) is 10.4 Å². The number of fused-ring (bicyclic) bond motifs is 1. The Balaban J connectivity index is 1.57. The molecule has 8 heteroatoms. The van der Waals surface area contributed by atoms with Crippen molar-refractivity contribution in [3.05, 3.63) is 75.8 Å². The van der Waals surface area contributed by atoms with Crippen LogP contribution < -0.4 is 5.32 Å². The summed E-state index contributed by atoms with van der Waals surface area (Å²) in [6.07, 6.45) is 0. The highest BCUT2D eigenvalue weighted by Crippen LogP contribution is 2.32. The van der Waals surface area contributed by atoms with E-state index in [4.69, 9.17) is 11.6 Å². The molecule has 0 radical (unpaired) electrons. The van der Waals surface area contributed by atoms with Crippen LogP contribution >= 0.6 is 22.9 Å². The predicted octanol–water partition coefficient (Wildman–Crippen LogP) is 5.78. The first-order chi connectivity index (χ1) is 15.4. The van der Waals surface area contributed by atoms with Gasteiger partial charge in [0.25, 0.3) is 11.8 Å². The number of amides is 2. The molecule has 0 aliphatic carbocycles. The number of benzene rings is 2. The molecule has 0 aliphatic heterocycles. The second-order valence-electron chi connectivity index (χ2n) is 7.29. The van der Waals surface area contributed by atoms with Gasteiger partial charge in [-0.3, -0.25) is 9.59 Å². The number of para-hydroxylation sites is 1. The zero-order valence-corrected chi connectivity index (χ0v) is 19.6. The zero-order chi connectivity index (χ0) is 22.8. The molecule has 0 unspecified atom stereocenters. The van der Waals surface area contributed by atoms with Gasteiger partial charge in [0.05, 0.1) is 21.3 Å². The van der Waals surface area contributed by atoms with Crippen LogP contribution in [-0.4, -0.2) is 39.6 Å². The van der Waals surface area contributed by atoms with E-state index >= 15 is 0 Å². The minimum absolute atomic E-state index is 0.0167. The van der Waals surface area contributed by atoms with Gasteiger partial charge in [-0.1, -0.05) is 23.7 Å². The average molecular weight is 467 g/mol. The van der Waals surface area contributed by atoms with Gasteiger partial charge in [0.2, 0.25) is 0 Å². The largest absolute Gasteiger partial charge is 0.339 e. The van der Waals surface area contributed by atoms with Gasteiger partial charge in [0.15, 0.2) is 0 Å². The third-order valence-electron chi connectivity index (χ3n) is 5.29. The van der Waals surface area contributed by atoms with Crippen molar-refractivity contribution in [3.63, 3.8) is 0 Å². The van der Waals surface area contributed by atoms with Gasteiger partial charge >= 0.3 is 0 Å². The highest BCUT2D eigenvalue weighted by molar-refractivity contribution is 7.20. The van der Waals surface area contributed by atoms with E-state index in [0.717, 1.165) is 21.6 Å². The number of hydrogen-bond acceptors (Lipinski definition) is 4. The first-order valence-electron chi connectivity index (χ1n) is 10.4. The van der Waals surface area contributed by atoms with Crippen LogP contribution in [0, 0.1) is 6.92 Å². The summed E-state index contributed by atoms with van der Waals surface area (Å²) in [5.74, 6) is -0.226. The minimum Gasteiger partial charge on any atom is -0.339 e. The maximum absolute atomic E-state index is 12.9. The lowest BCUT2D eigenvalue weighted by Crippen LogP contribution is -2.30. The Morgan fingerprint density at radius 2 is 1.78 bits per heavy atom. The second kappa shape index (κ2) is 9.14. The first kappa shape index (κ1) is 22.0. The molecule has 4 aromatic rings. The third kappa shape index (κ3) is 4.13. The fourth-order valence-corrected chi connectivity index (χ4v) is 4.81. The molecular formula is C24H23ClN4O2S. The molecule has 2 aromatic carbocycles. The quantitative estimate of drug-likeness (QED) is 0.391. The molecule has 6 nitrogen and oxygen atoms in total. The minimum atomic E-state index is -0.209. The Kier molecular flexibility index (Phi) is 6.30. The summed E-state index contributed by atoms with van der Waals surface area (Å²) in [5, 5.41) is 9.02. The van der Waals surface area contributed by atoms with E-state index in [1.807, 2.05) is 51.1 Å². The lowest BCUT2D eigenvalue weighted by atomic mass is 10.1. The van der Waals surface area contributed by atoms with Gasteiger partial charge in [0.1, 0.15) is 4.83 Å². The Labute approximate surface area is 195 Å². The molecule has 0 bridgehead atoms. The standard InChI is InChI=1S/C24H23ClN4O2S/c1-4-28(5-2)23(31)16-10-12-17(13-11-16)26-22(30)21-14-18-15(3)27-29(24(18)32-21)20-9-7-6-8-19(20)25/h6-14H,4-5H2,1-3H3,(H,26,30). The maximum atomic E-state index is 12.9. The molecule has 0 spiro atoms. The van der Waals surface area contributed by atoms with Crippen LogP contribution in [-0.2, 0) is 0 Å². The van der Waals surface area contributed by atoms with Crippen LogP contribution in [0.4, 0.5) is 5.69 Å². The van der Waals surface area contributed by atoms with Crippen LogP contribution in [0.15, 0.2) is 54.6 Å². The lowest BCUT2D eigenvalue weighted by molar-refractivity contribution is 0.0773. The van der Waals surface area contributed by atoms with Gasteiger partial charge < -0.3 is 10.2 Å². The number of nitrogens with zero attached hydrogens (tertiary/aromatic N) is 3. The van der Waals surface area contributed by atoms with E-state index in [9.17, 15) is 9.59 Å². The van der Waals surface area contributed by atoms with Crippen LogP contribution in [0.25, 0.3) is 15.9 Å². The monoisotopic (exact) mass is 466 g/mol. The van der Waals surface area contributed by atoms with E-state index < -0.39 is 0 Å². The zero-order valence-electron chi connectivity index (χ0n) is 18.1. The normalized spacial score (nSPS) is 11.0. The van der Waals surface area contributed by atoms with Gasteiger partial charge in [-0.25, -0.2) is 4.68 Å². The number of halogens is 1. The molecular weight excluding hydrogens is 444 g/mol. The highest BCUT2D eigenvalue weighted by Gasteiger charge is 2.19. The molecule has 2 heterocycles. The Morgan fingerprint density at radius 3 is 2.44 bits per heavy atom. The Bertz CT molecular complexity index is 1290. The Morgan fingerprint density at radius 1 is 1.09 bits per heavy atom. The summed E-state index contributed by atoms with van der Waals surface area (Å²) in [4.78, 5) is 28.5. The van der Waals surface area contributed by atoms with E-state index in [-0.39, 0.29) is 11.8 Å². The van der Waals surface area contributed by atoms with Crippen molar-refractivity contribution >= 4 is 50.7 Å². The number of nitrogens with one attached hydrogen (secondary N) is 1. The summed E-state index contributed by atoms with van der Waals surface area (Å²) in [6.45, 7) is 7.13. The molecule has 1 N–H and O–H groups in total. The summed E-state index contributed by atoms with van der Waals surface area (Å²) >= 11 is 7.72. The number of rotatable bonds is 6. The van der Waals surface area contributed by atoms with Crippen molar-refractivity contribution in [2.45, 2.75) is 20.8 Å². The fraction of sp³-hybridized carbons (Fsp3) is 0.208. The van der Waals surface area contributed by atoms with Gasteiger partial charge in [-0.15, -0.1) is 11.3 Å². The number of aromatic nitrogens is 2. The van der Waals surface area contributed by atoms with Crippen molar-refractivity contribution in [3.8, 4) is 5.69 Å².